The molecule has 0 radical (unpaired) electrons. The van der Waals surface area contributed by atoms with Crippen molar-refractivity contribution in [3.63, 3.8) is 0 Å². The molecule has 0 aliphatic carbocycles. The molecule has 1 N–H and O–H groups in total. The number of aliphatic imine (C=N–C) groups is 1. The second-order valence-corrected chi connectivity index (χ2v) is 7.69. The number of hydrogen-bond acceptors (Lipinski definition) is 3. The number of piperidine rings is 1. The van der Waals surface area contributed by atoms with E-state index in [1.54, 1.807) is 20.2 Å². The predicted octanol–water partition coefficient (Wildman–Crippen LogP) is 4.29. The molecule has 0 aromatic heterocycles. The van der Waals surface area contributed by atoms with Gasteiger partial charge in [0.05, 0.1) is 11.7 Å². The van der Waals surface area contributed by atoms with Crippen molar-refractivity contribution < 1.29 is 22.6 Å². The Morgan fingerprint density at radius 3 is 2.63 bits per heavy atom. The minimum Gasteiger partial charge on any atom is -0.385 e. The fourth-order valence-corrected chi connectivity index (χ4v) is 3.61. The fourth-order valence-electron chi connectivity index (χ4n) is 3.61. The summed E-state index contributed by atoms with van der Waals surface area (Å²) in [4.78, 5) is 6.58. The zero-order valence-corrected chi connectivity index (χ0v) is 18.2. The Kier molecular flexibility index (Phi) is 9.91. The molecule has 5 nitrogen and oxygen atoms in total. The molecule has 1 aromatic carbocycles. The average molecular weight is 430 g/mol. The zero-order chi connectivity index (χ0) is 22.0. The van der Waals surface area contributed by atoms with Gasteiger partial charge in [-0.2, -0.15) is 13.2 Å². The summed E-state index contributed by atoms with van der Waals surface area (Å²) in [5, 5.41) is 3.36. The third kappa shape index (κ3) is 7.80. The first-order chi connectivity index (χ1) is 14.3. The second kappa shape index (κ2) is 12.2. The van der Waals surface area contributed by atoms with Crippen molar-refractivity contribution in [2.45, 2.75) is 50.8 Å². The Morgan fingerprint density at radius 1 is 1.27 bits per heavy atom. The third-order valence-corrected chi connectivity index (χ3v) is 5.44. The maximum Gasteiger partial charge on any atom is 0.416 e. The van der Waals surface area contributed by atoms with Crippen LogP contribution in [-0.4, -0.2) is 64.0 Å². The molecule has 0 saturated carbocycles. The second-order valence-electron chi connectivity index (χ2n) is 7.69. The van der Waals surface area contributed by atoms with Crippen LogP contribution in [0.5, 0.6) is 0 Å². The summed E-state index contributed by atoms with van der Waals surface area (Å²) in [7, 11) is 3.45. The number of ether oxygens (including phenoxy) is 2. The molecule has 1 aliphatic heterocycles. The monoisotopic (exact) mass is 429 g/mol. The van der Waals surface area contributed by atoms with Gasteiger partial charge in [-0.05, 0) is 43.2 Å². The minimum atomic E-state index is -4.31. The quantitative estimate of drug-likeness (QED) is 0.361. The molecular formula is C22H34F3N3O2. The van der Waals surface area contributed by atoms with E-state index in [1.165, 1.54) is 12.1 Å². The zero-order valence-electron chi connectivity index (χ0n) is 18.2. The molecule has 1 aromatic rings. The molecule has 0 spiro atoms. The molecule has 1 unspecified atom stereocenters. The van der Waals surface area contributed by atoms with Crippen molar-refractivity contribution in [1.29, 1.82) is 0 Å². The summed E-state index contributed by atoms with van der Waals surface area (Å²) in [6, 6.07) is 5.59. The molecule has 1 fully saturated rings. The number of methoxy groups -OCH3 is 1. The number of likely N-dealkylation sites (tertiary alicyclic amines) is 1. The fraction of sp³-hybridized carbons (Fsp3) is 0.682. The average Bonchev–Trinajstić information content (AvgIpc) is 2.74. The van der Waals surface area contributed by atoms with E-state index in [2.05, 4.69) is 15.2 Å². The molecule has 2 rings (SSSR count). The van der Waals surface area contributed by atoms with Crippen LogP contribution < -0.4 is 5.32 Å². The van der Waals surface area contributed by atoms with Gasteiger partial charge in [0, 0.05) is 47.0 Å². The van der Waals surface area contributed by atoms with Gasteiger partial charge in [0.15, 0.2) is 5.96 Å². The van der Waals surface area contributed by atoms with Gasteiger partial charge >= 0.3 is 6.18 Å². The lowest BCUT2D eigenvalue weighted by molar-refractivity contribution is -0.137. The Labute approximate surface area is 177 Å². The summed E-state index contributed by atoms with van der Waals surface area (Å²) in [6.07, 6.45) is -0.501. The molecular weight excluding hydrogens is 395 g/mol. The van der Waals surface area contributed by atoms with Crippen LogP contribution in [0.15, 0.2) is 29.3 Å². The molecule has 1 heterocycles. The number of hydrogen-bond donors (Lipinski definition) is 1. The number of nitrogens with one attached hydrogen (secondary N) is 1. The number of halogens is 3. The van der Waals surface area contributed by atoms with Crippen molar-refractivity contribution in [2.75, 3.05) is 47.0 Å². The highest BCUT2D eigenvalue weighted by Crippen LogP contribution is 2.31. The van der Waals surface area contributed by atoms with Gasteiger partial charge in [0.2, 0.25) is 0 Å². The summed E-state index contributed by atoms with van der Waals surface area (Å²) >= 11 is 0. The molecule has 170 valence electrons. The molecule has 8 heteroatoms. The van der Waals surface area contributed by atoms with E-state index < -0.39 is 11.7 Å². The number of alkyl halides is 3. The number of benzene rings is 1. The van der Waals surface area contributed by atoms with Crippen LogP contribution in [0.2, 0.25) is 0 Å². The Hall–Kier alpha value is -1.80. The predicted molar refractivity (Wildman–Crippen MR) is 113 cm³/mol. The Morgan fingerprint density at radius 2 is 2.00 bits per heavy atom. The first-order valence-electron chi connectivity index (χ1n) is 10.6. The van der Waals surface area contributed by atoms with E-state index in [-0.39, 0.29) is 12.0 Å². The van der Waals surface area contributed by atoms with E-state index in [1.807, 2.05) is 6.92 Å². The molecule has 1 saturated heterocycles. The van der Waals surface area contributed by atoms with Crippen molar-refractivity contribution in [3.05, 3.63) is 35.4 Å². The van der Waals surface area contributed by atoms with Crippen LogP contribution in [0.25, 0.3) is 0 Å². The molecule has 0 amide bonds. The number of nitrogens with zero attached hydrogens (tertiary/aromatic N) is 2. The summed E-state index contributed by atoms with van der Waals surface area (Å²) in [6.45, 7) is 5.78. The van der Waals surface area contributed by atoms with Gasteiger partial charge in [-0.15, -0.1) is 0 Å². The smallest absolute Gasteiger partial charge is 0.385 e. The van der Waals surface area contributed by atoms with E-state index in [4.69, 9.17) is 9.47 Å². The van der Waals surface area contributed by atoms with Crippen LogP contribution in [0.1, 0.15) is 49.7 Å². The van der Waals surface area contributed by atoms with Gasteiger partial charge in [0.1, 0.15) is 0 Å². The van der Waals surface area contributed by atoms with E-state index in [0.29, 0.717) is 18.7 Å². The van der Waals surface area contributed by atoms with Crippen LogP contribution in [0.3, 0.4) is 0 Å². The minimum absolute atomic E-state index is 0.0177. The van der Waals surface area contributed by atoms with E-state index in [0.717, 1.165) is 57.4 Å². The highest BCUT2D eigenvalue weighted by molar-refractivity contribution is 5.79. The van der Waals surface area contributed by atoms with Gasteiger partial charge < -0.3 is 19.7 Å². The third-order valence-electron chi connectivity index (χ3n) is 5.44. The lowest BCUT2D eigenvalue weighted by atomic mass is 9.96. The summed E-state index contributed by atoms with van der Waals surface area (Å²) in [5.74, 6) is 0.855. The first kappa shape index (κ1) is 24.5. The summed E-state index contributed by atoms with van der Waals surface area (Å²) in [5.41, 5.74) is 0.107. The maximum atomic E-state index is 12.9. The maximum absolute atomic E-state index is 12.9. The standard InChI is InChI=1S/C22H34F3N3O2/c1-17(18-6-4-7-19(16-18)22(23,24)25)8-11-27-21(26-2)28-12-9-20(10-13-28)30-15-5-14-29-3/h4,6-7,16-17,20H,5,8-15H2,1-3H3,(H,26,27). The Balaban J connectivity index is 1.75. The van der Waals surface area contributed by atoms with Gasteiger partial charge in [-0.1, -0.05) is 25.1 Å². The van der Waals surface area contributed by atoms with Crippen molar-refractivity contribution >= 4 is 5.96 Å². The van der Waals surface area contributed by atoms with Crippen LogP contribution in [0, 0.1) is 0 Å². The van der Waals surface area contributed by atoms with Crippen LogP contribution >= 0.6 is 0 Å². The normalized spacial score (nSPS) is 17.3. The SMILES string of the molecule is CN=C(NCCC(C)c1cccc(C(F)(F)F)c1)N1CCC(OCCCOC)CC1. The van der Waals surface area contributed by atoms with Gasteiger partial charge in [0.25, 0.3) is 0 Å². The number of guanidine groups is 1. The van der Waals surface area contributed by atoms with Gasteiger partial charge in [-0.3, -0.25) is 4.99 Å². The number of rotatable bonds is 9. The largest absolute Gasteiger partial charge is 0.416 e. The van der Waals surface area contributed by atoms with Crippen LogP contribution in [0.4, 0.5) is 13.2 Å². The van der Waals surface area contributed by atoms with Crippen molar-refractivity contribution in [1.82, 2.24) is 10.2 Å². The highest BCUT2D eigenvalue weighted by atomic mass is 19.4. The first-order valence-corrected chi connectivity index (χ1v) is 10.6. The Bertz CT molecular complexity index is 659. The molecule has 0 bridgehead atoms. The topological polar surface area (TPSA) is 46.1 Å². The van der Waals surface area contributed by atoms with E-state index in [9.17, 15) is 13.2 Å². The van der Waals surface area contributed by atoms with E-state index >= 15 is 0 Å². The van der Waals surface area contributed by atoms with Gasteiger partial charge in [-0.25, -0.2) is 0 Å². The molecule has 1 atom stereocenters. The molecule has 1 aliphatic rings. The van der Waals surface area contributed by atoms with Crippen LogP contribution in [-0.2, 0) is 15.7 Å². The van der Waals surface area contributed by atoms with Crippen molar-refractivity contribution in [3.8, 4) is 0 Å². The lowest BCUT2D eigenvalue weighted by Crippen LogP contribution is -2.47. The highest BCUT2D eigenvalue weighted by Gasteiger charge is 2.30. The lowest BCUT2D eigenvalue weighted by Gasteiger charge is -2.34. The summed E-state index contributed by atoms with van der Waals surface area (Å²) < 4.78 is 49.7. The van der Waals surface area contributed by atoms with Crippen molar-refractivity contribution in [2.24, 2.45) is 4.99 Å². The molecule has 30 heavy (non-hydrogen) atoms.